The van der Waals surface area contributed by atoms with Crippen LogP contribution in [0.1, 0.15) is 11.3 Å². The minimum atomic E-state index is -0.705. The second-order valence-corrected chi connectivity index (χ2v) is 6.84. The summed E-state index contributed by atoms with van der Waals surface area (Å²) in [6.45, 7) is 2.24. The normalized spacial score (nSPS) is 10.4. The van der Waals surface area contributed by atoms with Gasteiger partial charge in [0, 0.05) is 29.6 Å². The molecule has 2 amide bonds. The van der Waals surface area contributed by atoms with E-state index in [-0.39, 0.29) is 5.82 Å². The fraction of sp³-hybridized carbons (Fsp3) is 0.150. The van der Waals surface area contributed by atoms with Crippen molar-refractivity contribution < 1.29 is 14.0 Å². The van der Waals surface area contributed by atoms with Crippen LogP contribution in [0.15, 0.2) is 53.9 Å². The molecule has 0 aliphatic rings. The molecule has 0 aliphatic carbocycles. The third-order valence-corrected chi connectivity index (χ3v) is 4.77. The van der Waals surface area contributed by atoms with E-state index >= 15 is 0 Å². The van der Waals surface area contributed by atoms with E-state index in [2.05, 4.69) is 15.6 Å². The molecule has 27 heavy (non-hydrogen) atoms. The van der Waals surface area contributed by atoms with Gasteiger partial charge in [-0.2, -0.15) is 0 Å². The maximum Gasteiger partial charge on any atom is 0.313 e. The molecule has 138 valence electrons. The Balaban J connectivity index is 1.48. The number of carbonyl (C=O) groups excluding carboxylic acids is 2. The van der Waals surface area contributed by atoms with E-state index in [4.69, 9.17) is 0 Å². The fourth-order valence-corrected chi connectivity index (χ4v) is 3.22. The molecular formula is C20H18FN3O2S. The van der Waals surface area contributed by atoms with Crippen molar-refractivity contribution in [2.75, 3.05) is 11.9 Å². The van der Waals surface area contributed by atoms with Gasteiger partial charge in [0.1, 0.15) is 10.8 Å². The smallest absolute Gasteiger partial charge is 0.313 e. The Labute approximate surface area is 160 Å². The fourth-order valence-electron chi connectivity index (χ4n) is 2.36. The Morgan fingerprint density at radius 1 is 1.04 bits per heavy atom. The molecule has 0 unspecified atom stereocenters. The number of halogens is 1. The van der Waals surface area contributed by atoms with Gasteiger partial charge in [0.25, 0.3) is 0 Å². The summed E-state index contributed by atoms with van der Waals surface area (Å²) in [5.74, 6) is -1.68. The number of carbonyl (C=O) groups is 2. The van der Waals surface area contributed by atoms with Crippen molar-refractivity contribution in [3.8, 4) is 10.6 Å². The number of thiazole rings is 1. The quantitative estimate of drug-likeness (QED) is 0.662. The van der Waals surface area contributed by atoms with E-state index in [1.54, 1.807) is 24.3 Å². The lowest BCUT2D eigenvalue weighted by molar-refractivity contribution is -0.136. The summed E-state index contributed by atoms with van der Waals surface area (Å²) in [5.41, 5.74) is 3.29. The van der Waals surface area contributed by atoms with Crippen molar-refractivity contribution in [2.24, 2.45) is 0 Å². The molecule has 2 aromatic carbocycles. The molecule has 7 heteroatoms. The number of nitrogens with zero attached hydrogens (tertiary/aromatic N) is 1. The Bertz CT molecular complexity index is 937. The molecule has 0 saturated carbocycles. The highest BCUT2D eigenvalue weighted by molar-refractivity contribution is 7.13. The Kier molecular flexibility index (Phi) is 5.93. The monoisotopic (exact) mass is 383 g/mol. The number of nitrogens with one attached hydrogen (secondary N) is 2. The van der Waals surface area contributed by atoms with Gasteiger partial charge in [-0.25, -0.2) is 9.37 Å². The third-order valence-electron chi connectivity index (χ3n) is 3.83. The van der Waals surface area contributed by atoms with Crippen LogP contribution in [-0.4, -0.2) is 23.3 Å². The maximum absolute atomic E-state index is 13.0. The van der Waals surface area contributed by atoms with Crippen LogP contribution in [0.2, 0.25) is 0 Å². The van der Waals surface area contributed by atoms with Crippen LogP contribution in [-0.2, 0) is 16.0 Å². The first-order valence-corrected chi connectivity index (χ1v) is 9.25. The first-order chi connectivity index (χ1) is 13.0. The number of amides is 2. The molecular weight excluding hydrogens is 365 g/mol. The minimum Gasteiger partial charge on any atom is -0.347 e. The van der Waals surface area contributed by atoms with Gasteiger partial charge in [-0.15, -0.1) is 11.3 Å². The summed E-state index contributed by atoms with van der Waals surface area (Å²) in [6.07, 6.45) is 0.501. The Hall–Kier alpha value is -3.06. The number of hydrogen-bond donors (Lipinski definition) is 2. The van der Waals surface area contributed by atoms with Crippen LogP contribution in [0, 0.1) is 12.7 Å². The summed E-state index contributed by atoms with van der Waals surface area (Å²) in [4.78, 5) is 28.2. The number of hydrogen-bond acceptors (Lipinski definition) is 4. The van der Waals surface area contributed by atoms with E-state index < -0.39 is 11.8 Å². The van der Waals surface area contributed by atoms with Gasteiger partial charge in [0.05, 0.1) is 5.69 Å². The molecule has 0 radical (unpaired) electrons. The number of rotatable bonds is 5. The van der Waals surface area contributed by atoms with E-state index in [0.717, 1.165) is 21.8 Å². The third kappa shape index (κ3) is 5.21. The highest BCUT2D eigenvalue weighted by Crippen LogP contribution is 2.23. The topological polar surface area (TPSA) is 71.1 Å². The van der Waals surface area contributed by atoms with Crippen LogP contribution in [0.25, 0.3) is 10.6 Å². The molecule has 3 aromatic rings. The van der Waals surface area contributed by atoms with Crippen molar-refractivity contribution >= 4 is 28.8 Å². The van der Waals surface area contributed by atoms with Crippen LogP contribution >= 0.6 is 11.3 Å². The average molecular weight is 383 g/mol. The largest absolute Gasteiger partial charge is 0.347 e. The van der Waals surface area contributed by atoms with Gasteiger partial charge < -0.3 is 10.6 Å². The second kappa shape index (κ2) is 8.55. The van der Waals surface area contributed by atoms with Crippen molar-refractivity contribution in [3.63, 3.8) is 0 Å². The van der Waals surface area contributed by atoms with E-state index in [1.807, 2.05) is 24.4 Å². The van der Waals surface area contributed by atoms with Gasteiger partial charge in [-0.1, -0.05) is 17.7 Å². The molecule has 2 N–H and O–H groups in total. The predicted molar refractivity (Wildman–Crippen MR) is 104 cm³/mol. The first-order valence-electron chi connectivity index (χ1n) is 8.37. The van der Waals surface area contributed by atoms with E-state index in [9.17, 15) is 14.0 Å². The highest BCUT2D eigenvalue weighted by atomic mass is 32.1. The number of aryl methyl sites for hydroxylation is 1. The Morgan fingerprint density at radius 2 is 1.74 bits per heavy atom. The highest BCUT2D eigenvalue weighted by Gasteiger charge is 2.13. The van der Waals surface area contributed by atoms with Crippen molar-refractivity contribution in [1.82, 2.24) is 10.3 Å². The lowest BCUT2D eigenvalue weighted by Crippen LogP contribution is -2.36. The minimum absolute atomic E-state index is 0.290. The van der Waals surface area contributed by atoms with Crippen LogP contribution < -0.4 is 10.6 Å². The van der Waals surface area contributed by atoms with Gasteiger partial charge in [0.15, 0.2) is 0 Å². The molecule has 0 saturated heterocycles. The van der Waals surface area contributed by atoms with Crippen LogP contribution in [0.3, 0.4) is 0 Å². The number of anilines is 1. The summed E-state index contributed by atoms with van der Waals surface area (Å²) in [5, 5.41) is 7.81. The summed E-state index contributed by atoms with van der Waals surface area (Å²) >= 11 is 1.45. The lowest BCUT2D eigenvalue weighted by Gasteiger charge is -2.06. The van der Waals surface area contributed by atoms with E-state index in [0.29, 0.717) is 18.7 Å². The molecule has 3 rings (SSSR count). The average Bonchev–Trinajstić information content (AvgIpc) is 3.13. The lowest BCUT2D eigenvalue weighted by atomic mass is 10.2. The molecule has 0 atom stereocenters. The van der Waals surface area contributed by atoms with Crippen LogP contribution in [0.4, 0.5) is 10.1 Å². The SMILES string of the molecule is Cc1ccc(NC(=O)C(=O)NCCc2csc(-c3ccc(F)cc3)n2)cc1. The molecule has 0 aliphatic heterocycles. The second-order valence-electron chi connectivity index (χ2n) is 5.98. The predicted octanol–water partition coefficient (Wildman–Crippen LogP) is 3.56. The van der Waals surface area contributed by atoms with Crippen molar-refractivity contribution in [1.29, 1.82) is 0 Å². The molecule has 1 heterocycles. The maximum atomic E-state index is 13.0. The number of benzene rings is 2. The summed E-state index contributed by atoms with van der Waals surface area (Å²) < 4.78 is 13.0. The zero-order chi connectivity index (χ0) is 19.2. The summed E-state index contributed by atoms with van der Waals surface area (Å²) in [6, 6.07) is 13.3. The number of aromatic nitrogens is 1. The van der Waals surface area contributed by atoms with Crippen molar-refractivity contribution in [2.45, 2.75) is 13.3 Å². The van der Waals surface area contributed by atoms with Gasteiger partial charge in [-0.05, 0) is 43.3 Å². The molecule has 0 fully saturated rings. The van der Waals surface area contributed by atoms with Crippen molar-refractivity contribution in [3.05, 3.63) is 71.0 Å². The molecule has 5 nitrogen and oxygen atoms in total. The molecule has 1 aromatic heterocycles. The van der Waals surface area contributed by atoms with Crippen LogP contribution in [0.5, 0.6) is 0 Å². The van der Waals surface area contributed by atoms with Gasteiger partial charge in [0.2, 0.25) is 0 Å². The molecule has 0 bridgehead atoms. The molecule has 0 spiro atoms. The standard InChI is InChI=1S/C20H18FN3O2S/c1-13-2-8-16(9-3-13)23-19(26)18(25)22-11-10-17-12-27-20(24-17)14-4-6-15(21)7-5-14/h2-9,12H,10-11H2,1H3,(H,22,25)(H,23,26). The van der Waals surface area contributed by atoms with Gasteiger partial charge >= 0.3 is 11.8 Å². The van der Waals surface area contributed by atoms with E-state index in [1.165, 1.54) is 23.5 Å². The zero-order valence-corrected chi connectivity index (χ0v) is 15.5. The summed E-state index contributed by atoms with van der Waals surface area (Å²) in [7, 11) is 0. The first kappa shape index (κ1) is 18.7. The zero-order valence-electron chi connectivity index (χ0n) is 14.7. The van der Waals surface area contributed by atoms with Gasteiger partial charge in [-0.3, -0.25) is 9.59 Å². The Morgan fingerprint density at radius 3 is 2.44 bits per heavy atom.